The first-order valence-electron chi connectivity index (χ1n) is 13.5. The van der Waals surface area contributed by atoms with E-state index < -0.39 is 0 Å². The first kappa shape index (κ1) is 27.7. The molecule has 28 heavy (non-hydrogen) atoms. The van der Waals surface area contributed by atoms with Gasteiger partial charge in [0.05, 0.1) is 0 Å². The number of allylic oxidation sites excluding steroid dienone is 2. The van der Waals surface area contributed by atoms with E-state index in [0.717, 1.165) is 5.92 Å². The Morgan fingerprint density at radius 1 is 0.429 bits per heavy atom. The second-order valence-corrected chi connectivity index (χ2v) is 9.39. The van der Waals surface area contributed by atoms with Crippen LogP contribution in [0.3, 0.4) is 0 Å². The molecule has 0 heteroatoms. The van der Waals surface area contributed by atoms with Gasteiger partial charge < -0.3 is 0 Å². The van der Waals surface area contributed by atoms with E-state index in [1.807, 2.05) is 0 Å². The van der Waals surface area contributed by atoms with Gasteiger partial charge in [-0.25, -0.2) is 0 Å². The van der Waals surface area contributed by atoms with E-state index in [9.17, 15) is 0 Å². The van der Waals surface area contributed by atoms with Crippen LogP contribution in [-0.2, 0) is 0 Å². The first-order chi connectivity index (χ1) is 13.8. The molecule has 0 bridgehead atoms. The van der Waals surface area contributed by atoms with Crippen LogP contribution < -0.4 is 0 Å². The van der Waals surface area contributed by atoms with Gasteiger partial charge in [0, 0.05) is 0 Å². The largest absolute Gasteiger partial charge is 0.0885 e. The number of unbranched alkanes of at least 4 members (excludes halogenated alkanes) is 17. The molecule has 0 fully saturated rings. The van der Waals surface area contributed by atoms with Crippen molar-refractivity contribution in [1.82, 2.24) is 0 Å². The highest BCUT2D eigenvalue weighted by Gasteiger charge is 2.02. The second kappa shape index (κ2) is 24.8. The van der Waals surface area contributed by atoms with Crippen molar-refractivity contribution in [1.29, 1.82) is 0 Å². The molecule has 0 aliphatic rings. The van der Waals surface area contributed by atoms with Crippen LogP contribution in [0.4, 0.5) is 0 Å². The second-order valence-electron chi connectivity index (χ2n) is 9.39. The molecule has 0 N–H and O–H groups in total. The Hall–Kier alpha value is -0.260. The van der Waals surface area contributed by atoms with E-state index in [0.29, 0.717) is 0 Å². The summed E-state index contributed by atoms with van der Waals surface area (Å²) in [6.07, 6.45) is 36.3. The van der Waals surface area contributed by atoms with E-state index in [2.05, 4.69) is 32.9 Å². The Morgan fingerprint density at radius 2 is 0.750 bits per heavy atom. The minimum absolute atomic E-state index is 0.959. The molecule has 0 radical (unpaired) electrons. The highest BCUT2D eigenvalue weighted by molar-refractivity contribution is 4.81. The molecule has 0 aromatic rings. The van der Waals surface area contributed by atoms with Gasteiger partial charge in [-0.3, -0.25) is 0 Å². The van der Waals surface area contributed by atoms with E-state index in [1.54, 1.807) is 0 Å². The Morgan fingerprint density at radius 3 is 1.14 bits per heavy atom. The van der Waals surface area contributed by atoms with Crippen molar-refractivity contribution in [3.63, 3.8) is 0 Å². The number of hydrogen-bond acceptors (Lipinski definition) is 0. The minimum atomic E-state index is 0.959. The molecule has 0 aliphatic carbocycles. The van der Waals surface area contributed by atoms with Crippen molar-refractivity contribution in [3.8, 4) is 0 Å². The van der Waals surface area contributed by atoms with E-state index in [4.69, 9.17) is 0 Å². The predicted octanol–water partition coefficient (Wildman–Crippen LogP) is 10.8. The predicted molar refractivity (Wildman–Crippen MR) is 131 cm³/mol. The monoisotopic (exact) mass is 392 g/mol. The van der Waals surface area contributed by atoms with Crippen LogP contribution in [-0.4, -0.2) is 0 Å². The van der Waals surface area contributed by atoms with Gasteiger partial charge in [-0.15, -0.1) is 0 Å². The maximum atomic E-state index is 2.48. The molecule has 0 saturated heterocycles. The molecule has 0 aromatic carbocycles. The molecule has 1 unspecified atom stereocenters. The third kappa shape index (κ3) is 23.8. The fraction of sp³-hybridized carbons (Fsp3) is 0.929. The van der Waals surface area contributed by atoms with Crippen LogP contribution in [0, 0.1) is 5.92 Å². The summed E-state index contributed by atoms with van der Waals surface area (Å²) in [4.78, 5) is 0. The summed E-state index contributed by atoms with van der Waals surface area (Å²) in [6, 6.07) is 0. The maximum absolute atomic E-state index is 2.48. The number of rotatable bonds is 23. The molecule has 0 saturated carbocycles. The molecular weight excluding hydrogens is 336 g/mol. The van der Waals surface area contributed by atoms with E-state index in [1.165, 1.54) is 141 Å². The molecule has 0 rings (SSSR count). The summed E-state index contributed by atoms with van der Waals surface area (Å²) in [7, 11) is 0. The average Bonchev–Trinajstić information content (AvgIpc) is 2.70. The standard InChI is InChI=1S/C28H56/c1-4-6-8-10-12-13-14-15-16-17-18-19-21-23-25-27-28(3)26-24-22-20-11-9-7-5-2/h15-16,28H,4-14,17-27H2,1-3H3. The summed E-state index contributed by atoms with van der Waals surface area (Å²) in [5.41, 5.74) is 0. The van der Waals surface area contributed by atoms with Gasteiger partial charge in [0.2, 0.25) is 0 Å². The van der Waals surface area contributed by atoms with Crippen LogP contribution in [0.2, 0.25) is 0 Å². The van der Waals surface area contributed by atoms with Crippen LogP contribution in [0.5, 0.6) is 0 Å². The van der Waals surface area contributed by atoms with E-state index >= 15 is 0 Å². The highest BCUT2D eigenvalue weighted by atomic mass is 14.1. The average molecular weight is 393 g/mol. The summed E-state index contributed by atoms with van der Waals surface area (Å²) in [5.74, 6) is 0.959. The summed E-state index contributed by atoms with van der Waals surface area (Å²) in [6.45, 7) is 7.07. The van der Waals surface area contributed by atoms with Crippen LogP contribution in [0.15, 0.2) is 12.2 Å². The molecule has 0 amide bonds. The molecule has 0 nitrogen and oxygen atoms in total. The summed E-state index contributed by atoms with van der Waals surface area (Å²) in [5, 5.41) is 0. The lowest BCUT2D eigenvalue weighted by Gasteiger charge is -2.11. The molecule has 1 atom stereocenters. The maximum Gasteiger partial charge on any atom is -0.0351 e. The van der Waals surface area contributed by atoms with Crippen molar-refractivity contribution in [2.24, 2.45) is 5.92 Å². The Bertz CT molecular complexity index is 290. The van der Waals surface area contributed by atoms with Gasteiger partial charge in [0.25, 0.3) is 0 Å². The molecular formula is C28H56. The zero-order valence-electron chi connectivity index (χ0n) is 20.3. The van der Waals surface area contributed by atoms with Crippen LogP contribution >= 0.6 is 0 Å². The fourth-order valence-electron chi connectivity index (χ4n) is 4.16. The third-order valence-corrected chi connectivity index (χ3v) is 6.26. The van der Waals surface area contributed by atoms with Gasteiger partial charge in [-0.05, 0) is 31.6 Å². The minimum Gasteiger partial charge on any atom is -0.0885 e. The Labute approximate surface area is 180 Å². The van der Waals surface area contributed by atoms with Crippen molar-refractivity contribution < 1.29 is 0 Å². The third-order valence-electron chi connectivity index (χ3n) is 6.26. The van der Waals surface area contributed by atoms with Crippen molar-refractivity contribution >= 4 is 0 Å². The summed E-state index contributed by atoms with van der Waals surface area (Å²) >= 11 is 0. The van der Waals surface area contributed by atoms with Crippen molar-refractivity contribution in [2.45, 2.75) is 162 Å². The zero-order valence-corrected chi connectivity index (χ0v) is 20.3. The quantitative estimate of drug-likeness (QED) is 0.120. The van der Waals surface area contributed by atoms with Crippen LogP contribution in [0.25, 0.3) is 0 Å². The Kier molecular flexibility index (Phi) is 24.5. The van der Waals surface area contributed by atoms with Gasteiger partial charge >= 0.3 is 0 Å². The molecule has 0 aliphatic heterocycles. The molecule has 0 heterocycles. The Balaban J connectivity index is 3.18. The van der Waals surface area contributed by atoms with Gasteiger partial charge in [-0.2, -0.15) is 0 Å². The normalized spacial score (nSPS) is 12.8. The fourth-order valence-corrected chi connectivity index (χ4v) is 4.16. The van der Waals surface area contributed by atoms with Crippen molar-refractivity contribution in [2.75, 3.05) is 0 Å². The SMILES string of the molecule is CCCCCCCCC=CCCCCCCCC(C)CCCCCCCCC. The molecule has 0 spiro atoms. The van der Waals surface area contributed by atoms with Crippen molar-refractivity contribution in [3.05, 3.63) is 12.2 Å². The topological polar surface area (TPSA) is 0 Å². The molecule has 0 aromatic heterocycles. The highest BCUT2D eigenvalue weighted by Crippen LogP contribution is 2.18. The first-order valence-corrected chi connectivity index (χ1v) is 13.5. The lowest BCUT2D eigenvalue weighted by Crippen LogP contribution is -1.95. The lowest BCUT2D eigenvalue weighted by molar-refractivity contribution is 0.431. The van der Waals surface area contributed by atoms with Gasteiger partial charge in [0.1, 0.15) is 0 Å². The molecule has 168 valence electrons. The van der Waals surface area contributed by atoms with E-state index in [-0.39, 0.29) is 0 Å². The smallest absolute Gasteiger partial charge is 0.0351 e. The zero-order chi connectivity index (χ0) is 20.5. The number of hydrogen-bond donors (Lipinski definition) is 0. The van der Waals surface area contributed by atoms with Gasteiger partial charge in [-0.1, -0.05) is 148 Å². The van der Waals surface area contributed by atoms with Crippen LogP contribution in [0.1, 0.15) is 162 Å². The van der Waals surface area contributed by atoms with Gasteiger partial charge in [0.15, 0.2) is 0 Å². The summed E-state index contributed by atoms with van der Waals surface area (Å²) < 4.78 is 0. The lowest BCUT2D eigenvalue weighted by atomic mass is 9.96.